The lowest BCUT2D eigenvalue weighted by atomic mass is 9.97. The number of amides is 1. The number of halogens is 1. The number of aryl methyl sites for hydroxylation is 2. The monoisotopic (exact) mass is 340 g/mol. The van der Waals surface area contributed by atoms with Crippen molar-refractivity contribution in [2.75, 3.05) is 0 Å². The molecule has 132 valence electrons. The average molecular weight is 340 g/mol. The third-order valence-electron chi connectivity index (χ3n) is 4.71. The molecule has 0 radical (unpaired) electrons. The minimum Gasteiger partial charge on any atom is -0.352 e. The predicted molar refractivity (Wildman–Crippen MR) is 97.8 cm³/mol. The molecule has 3 rings (SSSR count). The minimum atomic E-state index is -0.504. The molecular formula is C21H25FN2O. The third-order valence-corrected chi connectivity index (χ3v) is 4.71. The van der Waals surface area contributed by atoms with Crippen molar-refractivity contribution in [3.05, 3.63) is 70.5 Å². The summed E-state index contributed by atoms with van der Waals surface area (Å²) in [6.45, 7) is 6.19. The molecule has 4 heteroatoms. The van der Waals surface area contributed by atoms with E-state index in [2.05, 4.69) is 49.6 Å². The van der Waals surface area contributed by atoms with Gasteiger partial charge in [-0.15, -0.1) is 0 Å². The van der Waals surface area contributed by atoms with Crippen molar-refractivity contribution in [1.29, 1.82) is 0 Å². The largest absolute Gasteiger partial charge is 0.352 e. The molecule has 1 fully saturated rings. The van der Waals surface area contributed by atoms with Crippen LogP contribution in [0.2, 0.25) is 0 Å². The van der Waals surface area contributed by atoms with Gasteiger partial charge in [0.05, 0.1) is 0 Å². The molecule has 2 N–H and O–H groups in total. The van der Waals surface area contributed by atoms with Crippen LogP contribution < -0.4 is 10.6 Å². The van der Waals surface area contributed by atoms with Crippen LogP contribution in [0.5, 0.6) is 0 Å². The molecule has 2 aromatic carbocycles. The molecule has 3 nitrogen and oxygen atoms in total. The number of nitrogens with one attached hydrogen (secondary N) is 2. The number of rotatable bonds is 6. The van der Waals surface area contributed by atoms with Gasteiger partial charge in [-0.1, -0.05) is 35.9 Å². The molecule has 0 spiro atoms. The van der Waals surface area contributed by atoms with Gasteiger partial charge in [0, 0.05) is 12.1 Å². The molecule has 1 aliphatic rings. The molecular weight excluding hydrogens is 315 g/mol. The van der Waals surface area contributed by atoms with Gasteiger partial charge < -0.3 is 5.32 Å². The summed E-state index contributed by atoms with van der Waals surface area (Å²) in [5, 5.41) is 6.49. The summed E-state index contributed by atoms with van der Waals surface area (Å²) in [4.78, 5) is 12.7. The summed E-state index contributed by atoms with van der Waals surface area (Å²) in [5.74, 6) is -0.348. The lowest BCUT2D eigenvalue weighted by molar-refractivity contribution is -0.123. The third kappa shape index (κ3) is 4.45. The summed E-state index contributed by atoms with van der Waals surface area (Å²) in [5.41, 5.74) is 4.32. The highest BCUT2D eigenvalue weighted by molar-refractivity contribution is 5.83. The Morgan fingerprint density at radius 3 is 2.44 bits per heavy atom. The molecule has 0 bridgehead atoms. The Morgan fingerprint density at radius 1 is 1.12 bits per heavy atom. The van der Waals surface area contributed by atoms with E-state index < -0.39 is 6.04 Å². The Bertz CT molecular complexity index is 753. The van der Waals surface area contributed by atoms with Crippen LogP contribution in [0.25, 0.3) is 0 Å². The fourth-order valence-corrected chi connectivity index (χ4v) is 3.06. The number of benzene rings is 2. The average Bonchev–Trinajstić information content (AvgIpc) is 3.39. The molecule has 1 amide bonds. The number of hydrogen-bond acceptors (Lipinski definition) is 2. The van der Waals surface area contributed by atoms with Crippen LogP contribution in [-0.2, 0) is 4.79 Å². The van der Waals surface area contributed by atoms with Gasteiger partial charge in [0.25, 0.3) is 0 Å². The molecule has 0 unspecified atom stereocenters. The summed E-state index contributed by atoms with van der Waals surface area (Å²) >= 11 is 0. The maximum Gasteiger partial charge on any atom is 0.241 e. The van der Waals surface area contributed by atoms with Gasteiger partial charge in [0.2, 0.25) is 5.91 Å². The minimum absolute atomic E-state index is 0.0000869. The van der Waals surface area contributed by atoms with Crippen molar-refractivity contribution < 1.29 is 9.18 Å². The zero-order chi connectivity index (χ0) is 18.0. The van der Waals surface area contributed by atoms with E-state index in [-0.39, 0.29) is 23.8 Å². The van der Waals surface area contributed by atoms with Crippen molar-refractivity contribution in [2.45, 2.75) is 51.7 Å². The molecule has 0 heterocycles. The van der Waals surface area contributed by atoms with Gasteiger partial charge in [-0.25, -0.2) is 4.39 Å². The maximum atomic E-state index is 13.3. The van der Waals surface area contributed by atoms with Crippen LogP contribution in [0.3, 0.4) is 0 Å². The quantitative estimate of drug-likeness (QED) is 0.831. The second kappa shape index (κ2) is 7.36. The number of carbonyl (C=O) groups is 1. The van der Waals surface area contributed by atoms with Gasteiger partial charge in [-0.2, -0.15) is 0 Å². The molecule has 25 heavy (non-hydrogen) atoms. The van der Waals surface area contributed by atoms with E-state index in [1.54, 1.807) is 12.1 Å². The van der Waals surface area contributed by atoms with E-state index in [4.69, 9.17) is 0 Å². The Morgan fingerprint density at radius 2 is 1.80 bits per heavy atom. The van der Waals surface area contributed by atoms with Gasteiger partial charge >= 0.3 is 0 Å². The highest BCUT2D eigenvalue weighted by Gasteiger charge is 2.29. The topological polar surface area (TPSA) is 41.1 Å². The standard InChI is InChI=1S/C21H25FN2O/c1-13-4-5-14(2)19(12-13)15(3)23-20(21(25)24-18-10-11-18)16-6-8-17(22)9-7-16/h4-9,12,15,18,20,23H,10-11H2,1-3H3,(H,24,25)/t15-,20+/m1/s1. The van der Waals surface area contributed by atoms with Crippen molar-refractivity contribution >= 4 is 5.91 Å². The van der Waals surface area contributed by atoms with Gasteiger partial charge in [0.1, 0.15) is 11.9 Å². The highest BCUT2D eigenvalue weighted by Crippen LogP contribution is 2.25. The maximum absolute atomic E-state index is 13.3. The van der Waals surface area contributed by atoms with Gasteiger partial charge in [0.15, 0.2) is 0 Å². The van der Waals surface area contributed by atoms with Crippen LogP contribution in [0.4, 0.5) is 4.39 Å². The Balaban J connectivity index is 1.84. The van der Waals surface area contributed by atoms with E-state index in [9.17, 15) is 9.18 Å². The second-order valence-electron chi connectivity index (χ2n) is 7.02. The molecule has 0 aromatic heterocycles. The van der Waals surface area contributed by atoms with Crippen molar-refractivity contribution in [3.8, 4) is 0 Å². The normalized spacial score (nSPS) is 16.3. The van der Waals surface area contributed by atoms with Crippen molar-refractivity contribution in [3.63, 3.8) is 0 Å². The van der Waals surface area contributed by atoms with Crippen molar-refractivity contribution in [2.24, 2.45) is 0 Å². The van der Waals surface area contributed by atoms with Gasteiger partial charge in [-0.05, 0) is 62.4 Å². The SMILES string of the molecule is Cc1ccc(C)c([C@@H](C)N[C@H](C(=O)NC2CC2)c2ccc(F)cc2)c1. The Kier molecular flexibility index (Phi) is 5.19. The summed E-state index contributed by atoms with van der Waals surface area (Å²) in [6.07, 6.45) is 2.07. The molecule has 0 aliphatic heterocycles. The van der Waals surface area contributed by atoms with Crippen LogP contribution in [-0.4, -0.2) is 11.9 Å². The second-order valence-corrected chi connectivity index (χ2v) is 7.02. The van der Waals surface area contributed by atoms with E-state index in [1.165, 1.54) is 28.8 Å². The molecule has 1 saturated carbocycles. The zero-order valence-corrected chi connectivity index (χ0v) is 15.0. The first-order valence-corrected chi connectivity index (χ1v) is 8.83. The first kappa shape index (κ1) is 17.6. The molecule has 2 atom stereocenters. The Hall–Kier alpha value is -2.20. The Labute approximate surface area is 148 Å². The molecule has 1 aliphatic carbocycles. The highest BCUT2D eigenvalue weighted by atomic mass is 19.1. The van der Waals surface area contributed by atoms with Crippen LogP contribution >= 0.6 is 0 Å². The predicted octanol–water partition coefficient (Wildman–Crippen LogP) is 4.11. The van der Waals surface area contributed by atoms with Crippen LogP contribution in [0.15, 0.2) is 42.5 Å². The van der Waals surface area contributed by atoms with E-state index in [0.29, 0.717) is 0 Å². The first-order chi connectivity index (χ1) is 11.9. The van der Waals surface area contributed by atoms with E-state index in [1.807, 2.05) is 0 Å². The number of carbonyl (C=O) groups excluding carboxylic acids is 1. The molecule has 0 saturated heterocycles. The van der Waals surface area contributed by atoms with E-state index in [0.717, 1.165) is 18.4 Å². The fourth-order valence-electron chi connectivity index (χ4n) is 3.06. The fraction of sp³-hybridized carbons (Fsp3) is 0.381. The lowest BCUT2D eigenvalue weighted by Gasteiger charge is -2.25. The lowest BCUT2D eigenvalue weighted by Crippen LogP contribution is -2.39. The first-order valence-electron chi connectivity index (χ1n) is 8.83. The van der Waals surface area contributed by atoms with Gasteiger partial charge in [-0.3, -0.25) is 10.1 Å². The summed E-state index contributed by atoms with van der Waals surface area (Å²) < 4.78 is 13.3. The van der Waals surface area contributed by atoms with Crippen LogP contribution in [0, 0.1) is 19.7 Å². The smallest absolute Gasteiger partial charge is 0.241 e. The number of hydrogen-bond donors (Lipinski definition) is 2. The van der Waals surface area contributed by atoms with E-state index >= 15 is 0 Å². The zero-order valence-electron chi connectivity index (χ0n) is 15.0. The summed E-state index contributed by atoms with van der Waals surface area (Å²) in [7, 11) is 0. The van der Waals surface area contributed by atoms with Crippen molar-refractivity contribution in [1.82, 2.24) is 10.6 Å². The summed E-state index contributed by atoms with van der Waals surface area (Å²) in [6, 6.07) is 12.3. The van der Waals surface area contributed by atoms with Crippen LogP contribution in [0.1, 0.15) is 54.1 Å². The molecule has 2 aromatic rings.